The zero-order chi connectivity index (χ0) is 26.9. The molecular formula is C31H38FN3O3. The van der Waals surface area contributed by atoms with E-state index in [9.17, 15) is 14.0 Å². The fourth-order valence-electron chi connectivity index (χ4n) is 5.11. The van der Waals surface area contributed by atoms with Crippen molar-refractivity contribution in [3.05, 3.63) is 95.1 Å². The maximum atomic E-state index is 13.9. The van der Waals surface area contributed by atoms with Gasteiger partial charge in [0.25, 0.3) is 5.91 Å². The molecule has 0 radical (unpaired) electrons. The molecule has 0 atom stereocenters. The summed E-state index contributed by atoms with van der Waals surface area (Å²) in [4.78, 5) is 30.8. The number of hydrogen-bond acceptors (Lipinski definition) is 3. The Morgan fingerprint density at radius 1 is 1.00 bits per heavy atom. The summed E-state index contributed by atoms with van der Waals surface area (Å²) in [6.45, 7) is 3.75. The number of ether oxygens (including phenoxy) is 1. The third kappa shape index (κ3) is 7.32. The lowest BCUT2D eigenvalue weighted by molar-refractivity contribution is -0.136. The summed E-state index contributed by atoms with van der Waals surface area (Å²) in [5.74, 6) is -0.476. The molecule has 1 heterocycles. The number of nitrogens with zero attached hydrogens (tertiary/aromatic N) is 3. The zero-order valence-corrected chi connectivity index (χ0v) is 22.4. The fourth-order valence-corrected chi connectivity index (χ4v) is 5.11. The van der Waals surface area contributed by atoms with Gasteiger partial charge in [-0.2, -0.15) is 0 Å². The van der Waals surface area contributed by atoms with E-state index in [1.807, 2.05) is 54.4 Å². The first-order valence-electron chi connectivity index (χ1n) is 13.5. The molecule has 2 amide bonds. The molecule has 38 heavy (non-hydrogen) atoms. The highest BCUT2D eigenvalue weighted by atomic mass is 19.1. The Hall–Kier alpha value is -3.45. The summed E-state index contributed by atoms with van der Waals surface area (Å²) in [7, 11) is 1.60. The number of methoxy groups -OCH3 is 1. The standard InChI is InChI=1S/C31H38FN3O3/c1-24-10-14-26(15-11-24)31(37)34(19-20-38-2)23-30(36)35(28-7-4-3-5-8-28)22-29-9-6-18-33(29)21-25-12-16-27(32)17-13-25/h6,9-18,28H,3-5,7-8,19-23H2,1-2H3. The number of carbonyl (C=O) groups is 2. The molecule has 6 nitrogen and oxygen atoms in total. The highest BCUT2D eigenvalue weighted by molar-refractivity contribution is 5.96. The first kappa shape index (κ1) is 27.6. The zero-order valence-electron chi connectivity index (χ0n) is 22.4. The minimum absolute atomic E-state index is 0.00520. The molecular weight excluding hydrogens is 481 g/mol. The molecule has 1 aliphatic carbocycles. The predicted octanol–water partition coefficient (Wildman–Crippen LogP) is 5.43. The minimum Gasteiger partial charge on any atom is -0.383 e. The predicted molar refractivity (Wildman–Crippen MR) is 146 cm³/mol. The van der Waals surface area contributed by atoms with Crippen molar-refractivity contribution in [1.29, 1.82) is 0 Å². The van der Waals surface area contributed by atoms with Crippen LogP contribution in [0.5, 0.6) is 0 Å². The molecule has 7 heteroatoms. The number of aromatic nitrogens is 1. The highest BCUT2D eigenvalue weighted by Gasteiger charge is 2.29. The van der Waals surface area contributed by atoms with E-state index in [2.05, 4.69) is 4.57 Å². The van der Waals surface area contributed by atoms with Crippen LogP contribution in [-0.4, -0.2) is 59.0 Å². The second-order valence-electron chi connectivity index (χ2n) is 10.2. The maximum absolute atomic E-state index is 13.9. The Morgan fingerprint density at radius 3 is 2.39 bits per heavy atom. The number of benzene rings is 2. The van der Waals surface area contributed by atoms with Crippen LogP contribution in [0.25, 0.3) is 0 Å². The van der Waals surface area contributed by atoms with E-state index in [0.29, 0.717) is 31.8 Å². The summed E-state index contributed by atoms with van der Waals surface area (Å²) in [6, 6.07) is 18.1. The van der Waals surface area contributed by atoms with Crippen LogP contribution in [0.2, 0.25) is 0 Å². The van der Waals surface area contributed by atoms with Crippen LogP contribution in [0.3, 0.4) is 0 Å². The molecule has 1 fully saturated rings. The lowest BCUT2D eigenvalue weighted by Gasteiger charge is -2.36. The molecule has 0 N–H and O–H groups in total. The first-order chi connectivity index (χ1) is 18.4. The van der Waals surface area contributed by atoms with Crippen LogP contribution in [0.15, 0.2) is 66.9 Å². The van der Waals surface area contributed by atoms with Crippen molar-refractivity contribution in [2.45, 2.75) is 58.2 Å². The number of halogens is 1. The number of carbonyl (C=O) groups excluding carboxylic acids is 2. The number of hydrogen-bond donors (Lipinski definition) is 0. The van der Waals surface area contributed by atoms with Gasteiger partial charge in [-0.3, -0.25) is 9.59 Å². The Balaban J connectivity index is 1.54. The Labute approximate surface area is 225 Å². The Bertz CT molecular complexity index is 1180. The summed E-state index contributed by atoms with van der Waals surface area (Å²) >= 11 is 0. The molecule has 0 spiro atoms. The maximum Gasteiger partial charge on any atom is 0.254 e. The van der Waals surface area contributed by atoms with Crippen LogP contribution in [0, 0.1) is 12.7 Å². The van der Waals surface area contributed by atoms with Crippen molar-refractivity contribution in [2.24, 2.45) is 0 Å². The molecule has 0 unspecified atom stereocenters. The molecule has 1 saturated carbocycles. The van der Waals surface area contributed by atoms with Crippen molar-refractivity contribution in [3.63, 3.8) is 0 Å². The van der Waals surface area contributed by atoms with Crippen molar-refractivity contribution in [2.75, 3.05) is 26.8 Å². The average molecular weight is 520 g/mol. The number of aryl methyl sites for hydroxylation is 1. The molecule has 0 saturated heterocycles. The van der Waals surface area contributed by atoms with Crippen LogP contribution in [0.1, 0.15) is 59.3 Å². The van der Waals surface area contributed by atoms with E-state index in [0.717, 1.165) is 42.5 Å². The van der Waals surface area contributed by atoms with Crippen LogP contribution >= 0.6 is 0 Å². The first-order valence-corrected chi connectivity index (χ1v) is 13.5. The Kier molecular flexibility index (Phi) is 9.71. The lowest BCUT2D eigenvalue weighted by Crippen LogP contribution is -2.48. The monoisotopic (exact) mass is 519 g/mol. The Morgan fingerprint density at radius 2 is 1.71 bits per heavy atom. The van der Waals surface area contributed by atoms with Gasteiger partial charge in [0.1, 0.15) is 12.4 Å². The van der Waals surface area contributed by atoms with Crippen molar-refractivity contribution in [3.8, 4) is 0 Å². The van der Waals surface area contributed by atoms with E-state index in [-0.39, 0.29) is 30.2 Å². The van der Waals surface area contributed by atoms with Gasteiger partial charge in [-0.1, -0.05) is 49.1 Å². The van der Waals surface area contributed by atoms with Crippen LogP contribution in [-0.2, 0) is 22.6 Å². The van der Waals surface area contributed by atoms with E-state index in [4.69, 9.17) is 4.74 Å². The third-order valence-corrected chi connectivity index (χ3v) is 7.34. The summed E-state index contributed by atoms with van der Waals surface area (Å²) < 4.78 is 20.8. The van der Waals surface area contributed by atoms with Gasteiger partial charge in [-0.15, -0.1) is 0 Å². The summed E-state index contributed by atoms with van der Waals surface area (Å²) in [5.41, 5.74) is 3.65. The average Bonchev–Trinajstić information content (AvgIpc) is 3.37. The summed E-state index contributed by atoms with van der Waals surface area (Å²) in [6.07, 6.45) is 7.31. The molecule has 3 aromatic rings. The largest absolute Gasteiger partial charge is 0.383 e. The van der Waals surface area contributed by atoms with E-state index >= 15 is 0 Å². The molecule has 1 aliphatic rings. The second kappa shape index (κ2) is 13.4. The normalized spacial score (nSPS) is 13.9. The minimum atomic E-state index is -0.256. The van der Waals surface area contributed by atoms with Gasteiger partial charge in [0.15, 0.2) is 0 Å². The van der Waals surface area contributed by atoms with Crippen LogP contribution in [0.4, 0.5) is 4.39 Å². The second-order valence-corrected chi connectivity index (χ2v) is 10.2. The van der Waals surface area contributed by atoms with Gasteiger partial charge in [-0.25, -0.2) is 4.39 Å². The van der Waals surface area contributed by atoms with Crippen molar-refractivity contribution < 1.29 is 18.7 Å². The SMILES string of the molecule is COCCN(CC(=O)N(Cc1cccn1Cc1ccc(F)cc1)C1CCCCC1)C(=O)c1ccc(C)cc1. The quantitative estimate of drug-likeness (QED) is 0.339. The van der Waals surface area contributed by atoms with Gasteiger partial charge in [0.2, 0.25) is 5.91 Å². The lowest BCUT2D eigenvalue weighted by atomic mass is 9.94. The highest BCUT2D eigenvalue weighted by Crippen LogP contribution is 2.25. The van der Waals surface area contributed by atoms with Crippen molar-refractivity contribution >= 4 is 11.8 Å². The van der Waals surface area contributed by atoms with Crippen LogP contribution < -0.4 is 0 Å². The fraction of sp³-hybridized carbons (Fsp3) is 0.419. The molecule has 4 rings (SSSR count). The topological polar surface area (TPSA) is 54.8 Å². The molecule has 2 aromatic carbocycles. The van der Waals surface area contributed by atoms with Crippen molar-refractivity contribution in [1.82, 2.24) is 14.4 Å². The van der Waals surface area contributed by atoms with Gasteiger partial charge < -0.3 is 19.1 Å². The smallest absolute Gasteiger partial charge is 0.254 e. The van der Waals surface area contributed by atoms with E-state index < -0.39 is 0 Å². The summed E-state index contributed by atoms with van der Waals surface area (Å²) in [5, 5.41) is 0. The molecule has 202 valence electrons. The molecule has 0 aliphatic heterocycles. The van der Waals surface area contributed by atoms with Gasteiger partial charge >= 0.3 is 0 Å². The van der Waals surface area contributed by atoms with E-state index in [1.54, 1.807) is 24.1 Å². The van der Waals surface area contributed by atoms with E-state index in [1.165, 1.54) is 18.6 Å². The van der Waals surface area contributed by atoms with Gasteiger partial charge in [0, 0.05) is 43.7 Å². The molecule has 1 aromatic heterocycles. The molecule has 0 bridgehead atoms. The number of rotatable bonds is 11. The van der Waals surface area contributed by atoms with Gasteiger partial charge in [-0.05, 0) is 61.7 Å². The third-order valence-electron chi connectivity index (χ3n) is 7.34. The van der Waals surface area contributed by atoms with Gasteiger partial charge in [0.05, 0.1) is 13.2 Å². The number of amides is 2.